The van der Waals surface area contributed by atoms with E-state index in [0.29, 0.717) is 12.8 Å². The Morgan fingerprint density at radius 1 is 0.886 bits per heavy atom. The molecular weight excluding hydrogens is 470 g/mol. The van der Waals surface area contributed by atoms with E-state index in [4.69, 9.17) is 9.47 Å². The van der Waals surface area contributed by atoms with E-state index in [1.807, 2.05) is 0 Å². The van der Waals surface area contributed by atoms with Crippen LogP contribution in [-0.4, -0.2) is 6.61 Å². The molecule has 1 aliphatic rings. The van der Waals surface area contributed by atoms with Crippen LogP contribution in [0.5, 0.6) is 11.5 Å². The Balaban J connectivity index is 1.71. The molecule has 0 N–H and O–H groups in total. The summed E-state index contributed by atoms with van der Waals surface area (Å²) in [5.74, 6) is -3.27. The normalized spacial score (nSPS) is 16.9. The van der Waals surface area contributed by atoms with Gasteiger partial charge in [-0.2, -0.15) is 8.78 Å². The van der Waals surface area contributed by atoms with Crippen LogP contribution in [0.25, 0.3) is 11.1 Å². The van der Waals surface area contributed by atoms with Gasteiger partial charge >= 0.3 is 6.11 Å². The Morgan fingerprint density at radius 3 is 2.09 bits per heavy atom. The lowest BCUT2D eigenvalue weighted by Crippen LogP contribution is -2.25. The van der Waals surface area contributed by atoms with Crippen LogP contribution in [-0.2, 0) is 12.5 Å². The number of alkyl halides is 4. The molecule has 8 heteroatoms. The SMILES string of the molecule is C=CCCc1ccc(OC(F)(F)c2ccc3c(c2F)C(F)C(F)c2c-3ccc(OCC)c2F)cc1. The number of halogens is 6. The van der Waals surface area contributed by atoms with E-state index in [9.17, 15) is 17.6 Å². The van der Waals surface area contributed by atoms with Crippen molar-refractivity contribution < 1.29 is 35.8 Å². The van der Waals surface area contributed by atoms with Crippen molar-refractivity contribution in [2.45, 2.75) is 38.2 Å². The maximum absolute atomic E-state index is 15.3. The zero-order valence-electron chi connectivity index (χ0n) is 18.8. The number of ether oxygens (including phenoxy) is 2. The van der Waals surface area contributed by atoms with E-state index in [0.717, 1.165) is 17.7 Å². The Morgan fingerprint density at radius 2 is 1.49 bits per heavy atom. The van der Waals surface area contributed by atoms with E-state index < -0.39 is 46.8 Å². The van der Waals surface area contributed by atoms with Crippen LogP contribution in [0.1, 0.15) is 47.9 Å². The Labute approximate surface area is 198 Å². The molecule has 0 aliphatic heterocycles. The van der Waals surface area contributed by atoms with Crippen molar-refractivity contribution in [2.75, 3.05) is 6.61 Å². The summed E-state index contributed by atoms with van der Waals surface area (Å²) >= 11 is 0. The van der Waals surface area contributed by atoms with Gasteiger partial charge in [-0.3, -0.25) is 0 Å². The van der Waals surface area contributed by atoms with Crippen LogP contribution < -0.4 is 9.47 Å². The average molecular weight is 492 g/mol. The molecule has 4 rings (SSSR count). The molecule has 184 valence electrons. The first-order chi connectivity index (χ1) is 16.7. The quantitative estimate of drug-likeness (QED) is 0.233. The summed E-state index contributed by atoms with van der Waals surface area (Å²) < 4.78 is 99.7. The number of allylic oxidation sites excluding steroid dienone is 1. The highest BCUT2D eigenvalue weighted by molar-refractivity contribution is 5.76. The van der Waals surface area contributed by atoms with Crippen molar-refractivity contribution in [1.82, 2.24) is 0 Å². The molecule has 0 fully saturated rings. The number of aryl methyl sites for hydroxylation is 1. The van der Waals surface area contributed by atoms with Crippen LogP contribution >= 0.6 is 0 Å². The molecule has 0 heterocycles. The molecule has 0 aromatic heterocycles. The highest BCUT2D eigenvalue weighted by Crippen LogP contribution is 2.52. The molecule has 2 atom stereocenters. The predicted molar refractivity (Wildman–Crippen MR) is 120 cm³/mol. The van der Waals surface area contributed by atoms with Gasteiger partial charge in [-0.15, -0.1) is 6.58 Å². The molecule has 1 aliphatic carbocycles. The van der Waals surface area contributed by atoms with Crippen molar-refractivity contribution in [3.63, 3.8) is 0 Å². The predicted octanol–water partition coefficient (Wildman–Crippen LogP) is 8.31. The van der Waals surface area contributed by atoms with Gasteiger partial charge in [-0.05, 0) is 60.7 Å². The molecule has 0 spiro atoms. The van der Waals surface area contributed by atoms with E-state index >= 15 is 8.78 Å². The van der Waals surface area contributed by atoms with E-state index in [-0.39, 0.29) is 29.2 Å². The van der Waals surface area contributed by atoms with Crippen LogP contribution in [0.15, 0.2) is 61.2 Å². The highest BCUT2D eigenvalue weighted by Gasteiger charge is 2.44. The molecule has 2 unspecified atom stereocenters. The minimum Gasteiger partial charge on any atom is -0.491 e. The van der Waals surface area contributed by atoms with Gasteiger partial charge in [0.05, 0.1) is 6.61 Å². The standard InChI is InChI=1S/C27H22F6O2/c1-3-5-6-15-7-9-16(10-8-15)35-27(32,33)19-13-11-17-18-12-14-20(34-4-2)24(29)22(18)26(31)25(30)21(17)23(19)28/h3,7-14,25-26H,1,4-6H2,2H3. The van der Waals surface area contributed by atoms with E-state index in [1.54, 1.807) is 25.1 Å². The molecule has 3 aromatic rings. The van der Waals surface area contributed by atoms with Crippen molar-refractivity contribution >= 4 is 0 Å². The second-order valence-electron chi connectivity index (χ2n) is 8.05. The lowest BCUT2D eigenvalue weighted by Gasteiger charge is -2.29. The van der Waals surface area contributed by atoms with Crippen molar-refractivity contribution in [1.29, 1.82) is 0 Å². The van der Waals surface area contributed by atoms with Crippen molar-refractivity contribution in [3.05, 3.63) is 95.1 Å². The summed E-state index contributed by atoms with van der Waals surface area (Å²) in [5.41, 5.74) is -2.28. The Bertz CT molecular complexity index is 1240. The molecule has 0 amide bonds. The lowest BCUT2D eigenvalue weighted by atomic mass is 9.81. The third kappa shape index (κ3) is 4.49. The number of hydrogen-bond acceptors (Lipinski definition) is 2. The van der Waals surface area contributed by atoms with Gasteiger partial charge in [0, 0.05) is 11.1 Å². The highest BCUT2D eigenvalue weighted by atomic mass is 19.3. The molecule has 0 radical (unpaired) electrons. The van der Waals surface area contributed by atoms with Crippen molar-refractivity contribution in [3.8, 4) is 22.6 Å². The Hall–Kier alpha value is -3.42. The first-order valence-electron chi connectivity index (χ1n) is 11.0. The minimum absolute atomic E-state index is 0.0902. The molecule has 3 aromatic carbocycles. The number of hydrogen-bond donors (Lipinski definition) is 0. The summed E-state index contributed by atoms with van der Waals surface area (Å²) in [6, 6.07) is 10.0. The first-order valence-corrected chi connectivity index (χ1v) is 11.0. The van der Waals surface area contributed by atoms with Gasteiger partial charge in [0.15, 0.2) is 23.9 Å². The van der Waals surface area contributed by atoms with Gasteiger partial charge in [-0.1, -0.05) is 30.3 Å². The van der Waals surface area contributed by atoms with Gasteiger partial charge in [0.1, 0.15) is 17.1 Å². The smallest absolute Gasteiger partial charge is 0.429 e. The number of rotatable bonds is 8. The van der Waals surface area contributed by atoms with Crippen LogP contribution in [0.3, 0.4) is 0 Å². The first kappa shape index (κ1) is 24.7. The van der Waals surface area contributed by atoms with E-state index in [1.165, 1.54) is 24.3 Å². The largest absolute Gasteiger partial charge is 0.491 e. The second-order valence-corrected chi connectivity index (χ2v) is 8.05. The van der Waals surface area contributed by atoms with Gasteiger partial charge < -0.3 is 9.47 Å². The monoisotopic (exact) mass is 492 g/mol. The van der Waals surface area contributed by atoms with Crippen LogP contribution in [0, 0.1) is 11.6 Å². The Kier molecular flexibility index (Phi) is 6.83. The summed E-state index contributed by atoms with van der Waals surface area (Å²) in [4.78, 5) is 0. The van der Waals surface area contributed by atoms with Gasteiger partial charge in [0.2, 0.25) is 0 Å². The molecular formula is C27H22F6O2. The minimum atomic E-state index is -4.18. The second kappa shape index (κ2) is 9.68. The van der Waals surface area contributed by atoms with Gasteiger partial charge in [0.25, 0.3) is 0 Å². The van der Waals surface area contributed by atoms with Gasteiger partial charge in [-0.25, -0.2) is 17.6 Å². The topological polar surface area (TPSA) is 18.5 Å². The van der Waals surface area contributed by atoms with Crippen LogP contribution in [0.2, 0.25) is 0 Å². The maximum Gasteiger partial charge on any atom is 0.429 e. The summed E-state index contributed by atoms with van der Waals surface area (Å²) in [6.07, 6.45) is -6.41. The summed E-state index contributed by atoms with van der Waals surface area (Å²) in [5, 5.41) is 0. The fourth-order valence-corrected chi connectivity index (χ4v) is 4.16. The zero-order chi connectivity index (χ0) is 25.3. The van der Waals surface area contributed by atoms with E-state index in [2.05, 4.69) is 6.58 Å². The molecule has 2 nitrogen and oxygen atoms in total. The summed E-state index contributed by atoms with van der Waals surface area (Å²) in [7, 11) is 0. The van der Waals surface area contributed by atoms with Crippen molar-refractivity contribution in [2.24, 2.45) is 0 Å². The third-order valence-corrected chi connectivity index (χ3v) is 5.84. The third-order valence-electron chi connectivity index (χ3n) is 5.84. The molecule has 0 saturated heterocycles. The average Bonchev–Trinajstić information content (AvgIpc) is 2.83. The number of fused-ring (bicyclic) bond motifs is 3. The van der Waals surface area contributed by atoms with Crippen LogP contribution in [0.4, 0.5) is 26.3 Å². The maximum atomic E-state index is 15.3. The number of benzene rings is 3. The molecule has 35 heavy (non-hydrogen) atoms. The molecule has 0 saturated carbocycles. The summed E-state index contributed by atoms with van der Waals surface area (Å²) in [6.45, 7) is 5.30. The lowest BCUT2D eigenvalue weighted by molar-refractivity contribution is -0.187. The fourth-order valence-electron chi connectivity index (χ4n) is 4.16. The zero-order valence-corrected chi connectivity index (χ0v) is 18.8. The molecule has 0 bridgehead atoms. The fraction of sp³-hybridized carbons (Fsp3) is 0.259.